The summed E-state index contributed by atoms with van der Waals surface area (Å²) in [7, 11) is 1.56. The van der Waals surface area contributed by atoms with Crippen molar-refractivity contribution in [2.45, 2.75) is 50.3 Å². The molecule has 9 nitrogen and oxygen atoms in total. The van der Waals surface area contributed by atoms with Crippen LogP contribution in [0.25, 0.3) is 0 Å². The van der Waals surface area contributed by atoms with Crippen LogP contribution in [-0.4, -0.2) is 59.8 Å². The zero-order valence-corrected chi connectivity index (χ0v) is 22.1. The molecule has 0 aromatic heterocycles. The van der Waals surface area contributed by atoms with Crippen molar-refractivity contribution in [3.05, 3.63) is 76.7 Å². The van der Waals surface area contributed by atoms with Crippen LogP contribution in [0.4, 0.5) is 0 Å². The third-order valence-electron chi connectivity index (χ3n) is 6.21. The number of hydrogen-bond acceptors (Lipinski definition) is 8. The summed E-state index contributed by atoms with van der Waals surface area (Å²) < 4.78 is 16.1. The monoisotopic (exact) mass is 538 g/mol. The van der Waals surface area contributed by atoms with E-state index < -0.39 is 23.4 Å². The molecule has 2 heterocycles. The van der Waals surface area contributed by atoms with Crippen LogP contribution in [0, 0.1) is 0 Å². The Balaban J connectivity index is 1.45. The van der Waals surface area contributed by atoms with Crippen molar-refractivity contribution in [3.63, 3.8) is 0 Å². The molecule has 2 aliphatic heterocycles. The van der Waals surface area contributed by atoms with Gasteiger partial charge in [0, 0.05) is 12.0 Å². The Morgan fingerprint density at radius 1 is 0.974 bits per heavy atom. The van der Waals surface area contributed by atoms with Gasteiger partial charge >= 0.3 is 11.9 Å². The summed E-state index contributed by atoms with van der Waals surface area (Å²) in [6.07, 6.45) is 1.04. The smallest absolute Gasteiger partial charge is 0.333 e. The van der Waals surface area contributed by atoms with E-state index in [1.807, 2.05) is 37.3 Å². The third-order valence-corrected chi connectivity index (χ3v) is 7.43. The Morgan fingerprint density at radius 2 is 1.71 bits per heavy atom. The highest BCUT2D eigenvalue weighted by Crippen LogP contribution is 2.40. The number of carbonyl (C=O) groups excluding carboxylic acids is 4. The largest absolute Gasteiger partial charge is 0.497 e. The molecular weight excluding hydrogens is 508 g/mol. The standard InChI is InChI=1S/C28H30N2O7S/c1-3-7-23(32)36-16-20-17-38-27-24(29-22(31)14-18-8-5-4-6-9-18)26(33)30(27)25(20)28(34)37-15-19-10-12-21(35-2)13-11-19/h4-6,8-13,17,24-25,27H,3,7,14-16H2,1-2H3,(H,29,31)/t24?,25?,27-/m0/s1. The number of thioether (sulfide) groups is 1. The molecule has 0 aliphatic carbocycles. The Labute approximate surface area is 225 Å². The zero-order chi connectivity index (χ0) is 27.1. The quantitative estimate of drug-likeness (QED) is 0.343. The minimum Gasteiger partial charge on any atom is -0.497 e. The number of amides is 2. The van der Waals surface area contributed by atoms with E-state index in [2.05, 4.69) is 5.32 Å². The summed E-state index contributed by atoms with van der Waals surface area (Å²) in [4.78, 5) is 52.4. The molecule has 0 spiro atoms. The van der Waals surface area contributed by atoms with E-state index in [1.165, 1.54) is 16.7 Å². The summed E-state index contributed by atoms with van der Waals surface area (Å²) in [5.41, 5.74) is 2.04. The van der Waals surface area contributed by atoms with Gasteiger partial charge in [-0.3, -0.25) is 14.4 Å². The van der Waals surface area contributed by atoms with Crippen LogP contribution in [0.1, 0.15) is 30.9 Å². The summed E-state index contributed by atoms with van der Waals surface area (Å²) in [5, 5.41) is 4.04. The number of carbonyl (C=O) groups is 4. The Bertz CT molecular complexity index is 1200. The van der Waals surface area contributed by atoms with Gasteiger partial charge in [-0.1, -0.05) is 49.4 Å². The lowest BCUT2D eigenvalue weighted by Crippen LogP contribution is -2.74. The highest BCUT2D eigenvalue weighted by atomic mass is 32.2. The molecule has 0 radical (unpaired) electrons. The van der Waals surface area contributed by atoms with Crippen molar-refractivity contribution >= 4 is 35.5 Å². The van der Waals surface area contributed by atoms with Gasteiger partial charge in [0.1, 0.15) is 30.4 Å². The summed E-state index contributed by atoms with van der Waals surface area (Å²) in [5.74, 6) is -1.01. The fraction of sp³-hybridized carbons (Fsp3) is 0.357. The second-order valence-corrected chi connectivity index (χ2v) is 9.93. The number of methoxy groups -OCH3 is 1. The van der Waals surface area contributed by atoms with Crippen molar-refractivity contribution in [2.24, 2.45) is 0 Å². The lowest BCUT2D eigenvalue weighted by atomic mass is 9.98. The van der Waals surface area contributed by atoms with Gasteiger partial charge in [-0.2, -0.15) is 0 Å². The van der Waals surface area contributed by atoms with Crippen LogP contribution < -0.4 is 10.1 Å². The molecule has 0 saturated carbocycles. The number of nitrogens with zero attached hydrogens (tertiary/aromatic N) is 1. The van der Waals surface area contributed by atoms with Crippen LogP contribution in [0.5, 0.6) is 5.75 Å². The number of β-lactam (4-membered cyclic amide) rings is 1. The topological polar surface area (TPSA) is 111 Å². The molecule has 38 heavy (non-hydrogen) atoms. The van der Waals surface area contributed by atoms with Gasteiger partial charge in [-0.15, -0.1) is 11.8 Å². The van der Waals surface area contributed by atoms with Crippen molar-refractivity contribution in [3.8, 4) is 5.75 Å². The highest BCUT2D eigenvalue weighted by Gasteiger charge is 2.56. The molecule has 2 aliphatic rings. The molecule has 1 N–H and O–H groups in total. The number of fused-ring (bicyclic) bond motifs is 1. The van der Waals surface area contributed by atoms with E-state index in [0.717, 1.165) is 11.1 Å². The molecule has 2 unspecified atom stereocenters. The maximum atomic E-state index is 13.3. The molecule has 200 valence electrons. The first kappa shape index (κ1) is 27.3. The van der Waals surface area contributed by atoms with Crippen LogP contribution in [0.15, 0.2) is 65.6 Å². The molecule has 10 heteroatoms. The molecule has 1 fully saturated rings. The average Bonchev–Trinajstić information content (AvgIpc) is 2.94. The Hall–Kier alpha value is -3.79. The minimum atomic E-state index is -1.05. The number of ether oxygens (including phenoxy) is 3. The van der Waals surface area contributed by atoms with Gasteiger partial charge < -0.3 is 24.4 Å². The molecule has 2 amide bonds. The van der Waals surface area contributed by atoms with Gasteiger partial charge in [-0.25, -0.2) is 4.79 Å². The summed E-state index contributed by atoms with van der Waals surface area (Å²) >= 11 is 1.30. The summed E-state index contributed by atoms with van der Waals surface area (Å²) in [6, 6.07) is 14.5. The molecule has 4 rings (SSSR count). The SMILES string of the molecule is CCCC(=O)OCC1=CS[C@H]2C(NC(=O)Cc3ccccc3)C(=O)N2C1C(=O)OCc1ccc(OC)cc1. The second-order valence-electron chi connectivity index (χ2n) is 8.94. The van der Waals surface area contributed by atoms with E-state index in [-0.39, 0.29) is 43.8 Å². The molecule has 1 saturated heterocycles. The fourth-order valence-corrected chi connectivity index (χ4v) is 5.43. The van der Waals surface area contributed by atoms with Crippen molar-refractivity contribution in [2.75, 3.05) is 13.7 Å². The normalized spacial score (nSPS) is 19.9. The van der Waals surface area contributed by atoms with Gasteiger partial charge in [0.05, 0.1) is 13.5 Å². The number of nitrogens with one attached hydrogen (secondary N) is 1. The second kappa shape index (κ2) is 12.6. The van der Waals surface area contributed by atoms with Crippen molar-refractivity contribution in [1.82, 2.24) is 10.2 Å². The van der Waals surface area contributed by atoms with E-state index in [0.29, 0.717) is 17.7 Å². The van der Waals surface area contributed by atoms with E-state index in [1.54, 1.807) is 36.8 Å². The lowest BCUT2D eigenvalue weighted by Gasteiger charge is -2.51. The molecule has 3 atom stereocenters. The Kier molecular flexibility index (Phi) is 9.06. The van der Waals surface area contributed by atoms with E-state index >= 15 is 0 Å². The third kappa shape index (κ3) is 6.36. The molecule has 2 aromatic carbocycles. The minimum absolute atomic E-state index is 0.000684. The maximum Gasteiger partial charge on any atom is 0.333 e. The number of hydrogen-bond donors (Lipinski definition) is 1. The fourth-order valence-electron chi connectivity index (χ4n) is 4.22. The molecule has 2 aromatic rings. The number of rotatable bonds is 11. The van der Waals surface area contributed by atoms with Gasteiger partial charge in [0.15, 0.2) is 6.04 Å². The van der Waals surface area contributed by atoms with Crippen LogP contribution in [0.3, 0.4) is 0 Å². The van der Waals surface area contributed by atoms with E-state index in [4.69, 9.17) is 14.2 Å². The predicted octanol–water partition coefficient (Wildman–Crippen LogP) is 2.98. The number of benzene rings is 2. The van der Waals surface area contributed by atoms with Crippen LogP contribution in [0.2, 0.25) is 0 Å². The van der Waals surface area contributed by atoms with Gasteiger partial charge in [-0.05, 0) is 35.1 Å². The van der Waals surface area contributed by atoms with Crippen LogP contribution >= 0.6 is 11.8 Å². The highest BCUT2D eigenvalue weighted by molar-refractivity contribution is 8.02. The average molecular weight is 539 g/mol. The first-order valence-corrected chi connectivity index (χ1v) is 13.3. The van der Waals surface area contributed by atoms with Gasteiger partial charge in [0.2, 0.25) is 11.8 Å². The van der Waals surface area contributed by atoms with Crippen molar-refractivity contribution < 1.29 is 33.4 Å². The first-order chi connectivity index (χ1) is 18.4. The zero-order valence-electron chi connectivity index (χ0n) is 21.3. The predicted molar refractivity (Wildman–Crippen MR) is 141 cm³/mol. The van der Waals surface area contributed by atoms with Gasteiger partial charge in [0.25, 0.3) is 0 Å². The molecule has 0 bridgehead atoms. The molecular formula is C28H30N2O7S. The first-order valence-electron chi connectivity index (χ1n) is 12.4. The van der Waals surface area contributed by atoms with E-state index in [9.17, 15) is 19.2 Å². The summed E-state index contributed by atoms with van der Waals surface area (Å²) in [6.45, 7) is 1.74. The van der Waals surface area contributed by atoms with Crippen LogP contribution in [-0.2, 0) is 41.7 Å². The maximum absolute atomic E-state index is 13.3. The Morgan fingerprint density at radius 3 is 2.39 bits per heavy atom. The number of esters is 2. The lowest BCUT2D eigenvalue weighted by molar-refractivity contribution is -0.164. The van der Waals surface area contributed by atoms with Crippen molar-refractivity contribution in [1.29, 1.82) is 0 Å².